The molecule has 0 amide bonds. The van der Waals surface area contributed by atoms with Crippen molar-refractivity contribution in [2.24, 2.45) is 0 Å². The Balaban J connectivity index is 2.31. The first-order valence-corrected chi connectivity index (χ1v) is 4.98. The van der Waals surface area contributed by atoms with Crippen molar-refractivity contribution in [3.8, 4) is 6.07 Å². The summed E-state index contributed by atoms with van der Waals surface area (Å²) in [5.74, 6) is -0.0357. The molecule has 1 aliphatic carbocycles. The summed E-state index contributed by atoms with van der Waals surface area (Å²) < 4.78 is 37.0. The highest BCUT2D eigenvalue weighted by atomic mass is 19.4. The van der Waals surface area contributed by atoms with Gasteiger partial charge < -0.3 is 0 Å². The van der Waals surface area contributed by atoms with Crippen molar-refractivity contribution in [3.05, 3.63) is 35.4 Å². The number of carbonyl (C=O) groups is 1. The molecule has 0 saturated heterocycles. The van der Waals surface area contributed by atoms with E-state index in [1.807, 2.05) is 6.07 Å². The van der Waals surface area contributed by atoms with Gasteiger partial charge in [0.15, 0.2) is 0 Å². The van der Waals surface area contributed by atoms with E-state index in [1.165, 1.54) is 12.1 Å². The number of carbonyl (C=O) groups excluding carboxylic acids is 1. The Bertz CT molecular complexity index is 488. The molecule has 0 spiro atoms. The highest BCUT2D eigenvalue weighted by molar-refractivity contribution is 5.90. The maximum atomic E-state index is 12.3. The molecule has 5 heteroatoms. The molecular weight excluding hydrogens is 231 g/mol. The largest absolute Gasteiger partial charge is 0.416 e. The Morgan fingerprint density at radius 1 is 1.18 bits per heavy atom. The molecule has 0 bridgehead atoms. The van der Waals surface area contributed by atoms with E-state index >= 15 is 0 Å². The van der Waals surface area contributed by atoms with Gasteiger partial charge in [-0.25, -0.2) is 0 Å². The first-order valence-electron chi connectivity index (χ1n) is 4.98. The van der Waals surface area contributed by atoms with E-state index in [1.54, 1.807) is 0 Å². The highest BCUT2D eigenvalue weighted by Gasteiger charge is 2.45. The van der Waals surface area contributed by atoms with Gasteiger partial charge in [-0.15, -0.1) is 0 Å². The van der Waals surface area contributed by atoms with Crippen molar-refractivity contribution in [2.75, 3.05) is 0 Å². The van der Waals surface area contributed by atoms with E-state index in [0.29, 0.717) is 5.56 Å². The van der Waals surface area contributed by atoms with E-state index in [2.05, 4.69) is 0 Å². The third-order valence-corrected chi connectivity index (χ3v) is 2.98. The van der Waals surface area contributed by atoms with Gasteiger partial charge in [0.2, 0.25) is 0 Å². The van der Waals surface area contributed by atoms with Gasteiger partial charge in [0.25, 0.3) is 0 Å². The Morgan fingerprint density at radius 2 is 1.71 bits per heavy atom. The lowest BCUT2D eigenvalue weighted by atomic mass is 9.65. The molecule has 1 fully saturated rings. The number of hydrogen-bond acceptors (Lipinski definition) is 2. The third-order valence-electron chi connectivity index (χ3n) is 2.98. The SMILES string of the molecule is N#CC1(c2ccc(C(F)(F)F)cc2)CC(=O)C1. The third kappa shape index (κ3) is 1.91. The van der Waals surface area contributed by atoms with Gasteiger partial charge in [0.1, 0.15) is 5.78 Å². The lowest BCUT2D eigenvalue weighted by Crippen LogP contribution is -2.40. The minimum atomic E-state index is -4.38. The Kier molecular flexibility index (Phi) is 2.46. The number of benzene rings is 1. The lowest BCUT2D eigenvalue weighted by Gasteiger charge is -2.34. The van der Waals surface area contributed by atoms with Crippen LogP contribution in [0.3, 0.4) is 0 Å². The predicted molar refractivity (Wildman–Crippen MR) is 53.0 cm³/mol. The Hall–Kier alpha value is -1.83. The molecular formula is C12H8F3NO. The smallest absolute Gasteiger partial charge is 0.300 e. The van der Waals surface area contributed by atoms with Crippen molar-refractivity contribution >= 4 is 5.78 Å². The lowest BCUT2D eigenvalue weighted by molar-refractivity contribution is -0.137. The molecule has 2 nitrogen and oxygen atoms in total. The molecule has 0 unspecified atom stereocenters. The van der Waals surface area contributed by atoms with Gasteiger partial charge in [-0.1, -0.05) is 12.1 Å². The Labute approximate surface area is 95.7 Å². The van der Waals surface area contributed by atoms with Crippen LogP contribution in [0, 0.1) is 11.3 Å². The average Bonchev–Trinajstić information content (AvgIpc) is 2.23. The first-order chi connectivity index (χ1) is 7.87. The fourth-order valence-electron chi connectivity index (χ4n) is 1.95. The van der Waals surface area contributed by atoms with Crippen molar-refractivity contribution < 1.29 is 18.0 Å². The number of nitriles is 1. The molecule has 17 heavy (non-hydrogen) atoms. The molecule has 1 aliphatic rings. The van der Waals surface area contributed by atoms with Crippen LogP contribution in [0.1, 0.15) is 24.0 Å². The van der Waals surface area contributed by atoms with Crippen LogP contribution in [-0.2, 0) is 16.4 Å². The number of Topliss-reactive ketones (excluding diaryl/α,β-unsaturated/α-hetero) is 1. The summed E-state index contributed by atoms with van der Waals surface area (Å²) in [5, 5.41) is 9.01. The number of hydrogen-bond donors (Lipinski definition) is 0. The second kappa shape index (κ2) is 3.59. The van der Waals surface area contributed by atoms with Crippen LogP contribution in [0.5, 0.6) is 0 Å². The number of nitrogens with zero attached hydrogens (tertiary/aromatic N) is 1. The fraction of sp³-hybridized carbons (Fsp3) is 0.333. The molecule has 2 rings (SSSR count). The second-order valence-corrected chi connectivity index (χ2v) is 4.16. The van der Waals surface area contributed by atoms with Crippen LogP contribution in [-0.4, -0.2) is 5.78 Å². The van der Waals surface area contributed by atoms with Crippen LogP contribution < -0.4 is 0 Å². The van der Waals surface area contributed by atoms with Crippen LogP contribution in [0.15, 0.2) is 24.3 Å². The summed E-state index contributed by atoms with van der Waals surface area (Å²) in [6.07, 6.45) is -4.20. The Morgan fingerprint density at radius 3 is 2.06 bits per heavy atom. The van der Waals surface area contributed by atoms with Gasteiger partial charge in [-0.3, -0.25) is 4.79 Å². The van der Waals surface area contributed by atoms with Crippen molar-refractivity contribution in [1.29, 1.82) is 5.26 Å². The molecule has 88 valence electrons. The maximum Gasteiger partial charge on any atom is 0.416 e. The van der Waals surface area contributed by atoms with Gasteiger partial charge in [-0.2, -0.15) is 18.4 Å². The van der Waals surface area contributed by atoms with Gasteiger partial charge >= 0.3 is 6.18 Å². The minimum Gasteiger partial charge on any atom is -0.300 e. The zero-order valence-electron chi connectivity index (χ0n) is 8.71. The summed E-state index contributed by atoms with van der Waals surface area (Å²) in [6.45, 7) is 0. The zero-order valence-corrected chi connectivity index (χ0v) is 8.71. The fourth-order valence-corrected chi connectivity index (χ4v) is 1.95. The van der Waals surface area contributed by atoms with Gasteiger partial charge in [0, 0.05) is 12.8 Å². The molecule has 0 N–H and O–H groups in total. The van der Waals surface area contributed by atoms with E-state index in [-0.39, 0.29) is 18.6 Å². The van der Waals surface area contributed by atoms with Crippen molar-refractivity contribution in [2.45, 2.75) is 24.4 Å². The van der Waals surface area contributed by atoms with Crippen LogP contribution in [0.2, 0.25) is 0 Å². The summed E-state index contributed by atoms with van der Waals surface area (Å²) in [7, 11) is 0. The van der Waals surface area contributed by atoms with Crippen molar-refractivity contribution in [3.63, 3.8) is 0 Å². The van der Waals surface area contributed by atoms with Crippen LogP contribution >= 0.6 is 0 Å². The molecule has 1 aromatic carbocycles. The van der Waals surface area contributed by atoms with Crippen molar-refractivity contribution in [1.82, 2.24) is 0 Å². The summed E-state index contributed by atoms with van der Waals surface area (Å²) >= 11 is 0. The zero-order chi connectivity index (χ0) is 12.7. The summed E-state index contributed by atoms with van der Waals surface area (Å²) in [6, 6.07) is 6.45. The molecule has 1 saturated carbocycles. The van der Waals surface area contributed by atoms with E-state index < -0.39 is 17.2 Å². The average molecular weight is 239 g/mol. The highest BCUT2D eigenvalue weighted by Crippen LogP contribution is 2.41. The number of halogens is 3. The maximum absolute atomic E-state index is 12.3. The standard InChI is InChI=1S/C12H8F3NO/c13-12(14,15)9-3-1-8(2-4-9)11(7-16)5-10(17)6-11/h1-4H,5-6H2. The number of alkyl halides is 3. The van der Waals surface area contributed by atoms with E-state index in [9.17, 15) is 18.0 Å². The van der Waals surface area contributed by atoms with Crippen LogP contribution in [0.25, 0.3) is 0 Å². The molecule has 0 radical (unpaired) electrons. The monoisotopic (exact) mass is 239 g/mol. The van der Waals surface area contributed by atoms with Gasteiger partial charge in [-0.05, 0) is 17.7 Å². The minimum absolute atomic E-state index is 0.0357. The quantitative estimate of drug-likeness (QED) is 0.756. The van der Waals surface area contributed by atoms with Crippen LogP contribution in [0.4, 0.5) is 13.2 Å². The normalized spacial score (nSPS) is 18.4. The number of rotatable bonds is 1. The number of ketones is 1. The molecule has 0 aliphatic heterocycles. The summed E-state index contributed by atoms with van der Waals surface area (Å²) in [4.78, 5) is 10.9. The van der Waals surface area contributed by atoms with Gasteiger partial charge in [0.05, 0.1) is 17.0 Å². The topological polar surface area (TPSA) is 40.9 Å². The second-order valence-electron chi connectivity index (χ2n) is 4.16. The van der Waals surface area contributed by atoms with E-state index in [0.717, 1.165) is 12.1 Å². The molecule has 0 heterocycles. The predicted octanol–water partition coefficient (Wildman–Crippen LogP) is 2.83. The van der Waals surface area contributed by atoms with E-state index in [4.69, 9.17) is 5.26 Å². The molecule has 0 atom stereocenters. The molecule has 0 aromatic heterocycles. The first kappa shape index (κ1) is 11.6. The summed E-state index contributed by atoms with van der Waals surface area (Å²) in [5.41, 5.74) is -1.19. The molecule has 1 aromatic rings.